The van der Waals surface area contributed by atoms with Gasteiger partial charge in [-0.15, -0.1) is 0 Å². The van der Waals surface area contributed by atoms with Gasteiger partial charge in [-0.1, -0.05) is 13.0 Å². The number of phenols is 1. The molecule has 0 radical (unpaired) electrons. The molecular weight excluding hydrogens is 248 g/mol. The van der Waals surface area contributed by atoms with E-state index in [4.69, 9.17) is 4.74 Å². The molecule has 2 nitrogen and oxygen atoms in total. The highest BCUT2D eigenvalue weighted by Crippen LogP contribution is 2.66. The van der Waals surface area contributed by atoms with Gasteiger partial charge in [0.15, 0.2) is 0 Å². The van der Waals surface area contributed by atoms with Crippen molar-refractivity contribution in [3.63, 3.8) is 0 Å². The first-order valence-corrected chi connectivity index (χ1v) is 8.14. The summed E-state index contributed by atoms with van der Waals surface area (Å²) in [6.45, 7) is 2.48. The van der Waals surface area contributed by atoms with Gasteiger partial charge >= 0.3 is 0 Å². The van der Waals surface area contributed by atoms with Crippen LogP contribution < -0.4 is 0 Å². The zero-order valence-electron chi connectivity index (χ0n) is 12.0. The van der Waals surface area contributed by atoms with E-state index < -0.39 is 0 Å². The van der Waals surface area contributed by atoms with Gasteiger partial charge in [-0.05, 0) is 78.5 Å². The SMILES string of the molecule is C[C@]12CC[C@@H]3c4ccc(O)cc4CC[C@H]3[C@@H]1CC1OC12. The summed E-state index contributed by atoms with van der Waals surface area (Å²) < 4.78 is 5.86. The second kappa shape index (κ2) is 3.59. The van der Waals surface area contributed by atoms with Crippen molar-refractivity contribution in [3.8, 4) is 5.75 Å². The van der Waals surface area contributed by atoms with Crippen molar-refractivity contribution in [2.75, 3.05) is 0 Å². The molecule has 1 aliphatic heterocycles. The van der Waals surface area contributed by atoms with Crippen LogP contribution in [-0.2, 0) is 11.2 Å². The summed E-state index contributed by atoms with van der Waals surface area (Å²) in [6, 6.07) is 6.06. The number of phenolic OH excluding ortho intramolecular Hbond substituents is 1. The quantitative estimate of drug-likeness (QED) is 0.730. The number of benzene rings is 1. The lowest BCUT2D eigenvalue weighted by atomic mass is 9.55. The lowest BCUT2D eigenvalue weighted by molar-refractivity contribution is 0.00418. The maximum atomic E-state index is 9.70. The molecule has 1 N–H and O–H groups in total. The predicted octanol–water partition coefficient (Wildman–Crippen LogP) is 3.63. The van der Waals surface area contributed by atoms with Gasteiger partial charge < -0.3 is 9.84 Å². The first kappa shape index (κ1) is 11.6. The lowest BCUT2D eigenvalue weighted by Gasteiger charge is -2.49. The monoisotopic (exact) mass is 270 g/mol. The van der Waals surface area contributed by atoms with E-state index >= 15 is 0 Å². The first-order valence-electron chi connectivity index (χ1n) is 8.14. The fourth-order valence-electron chi connectivity index (χ4n) is 5.87. The van der Waals surface area contributed by atoms with E-state index in [9.17, 15) is 5.11 Å². The highest BCUT2D eigenvalue weighted by molar-refractivity contribution is 5.40. The van der Waals surface area contributed by atoms with Crippen LogP contribution in [0.5, 0.6) is 5.75 Å². The summed E-state index contributed by atoms with van der Waals surface area (Å²) >= 11 is 0. The smallest absolute Gasteiger partial charge is 0.115 e. The number of ether oxygens (including phenoxy) is 1. The maximum Gasteiger partial charge on any atom is 0.115 e. The van der Waals surface area contributed by atoms with Gasteiger partial charge in [0, 0.05) is 0 Å². The molecule has 0 bridgehead atoms. The second-order valence-corrected chi connectivity index (χ2v) is 7.67. The largest absolute Gasteiger partial charge is 0.508 e. The fourth-order valence-corrected chi connectivity index (χ4v) is 5.87. The Morgan fingerprint density at radius 2 is 2.20 bits per heavy atom. The van der Waals surface area contributed by atoms with Crippen LogP contribution in [0.4, 0.5) is 0 Å². The number of hydrogen-bond donors (Lipinski definition) is 1. The Morgan fingerprint density at radius 1 is 1.30 bits per heavy atom. The molecule has 2 saturated carbocycles. The number of epoxide rings is 1. The minimum atomic E-state index is 0.429. The summed E-state index contributed by atoms with van der Waals surface area (Å²) in [7, 11) is 0. The van der Waals surface area contributed by atoms with Crippen LogP contribution >= 0.6 is 0 Å². The van der Waals surface area contributed by atoms with Crippen molar-refractivity contribution in [2.24, 2.45) is 17.3 Å². The van der Waals surface area contributed by atoms with Crippen molar-refractivity contribution in [2.45, 2.75) is 57.2 Å². The molecule has 2 heteroatoms. The summed E-state index contributed by atoms with van der Waals surface area (Å²) in [5.41, 5.74) is 3.39. The van der Waals surface area contributed by atoms with Gasteiger partial charge in [-0.2, -0.15) is 0 Å². The molecule has 4 aliphatic rings. The molecule has 2 unspecified atom stereocenters. The number of aryl methyl sites for hydroxylation is 1. The molecule has 0 amide bonds. The Kier molecular flexibility index (Phi) is 2.09. The van der Waals surface area contributed by atoms with Crippen LogP contribution in [0.3, 0.4) is 0 Å². The van der Waals surface area contributed by atoms with Crippen LogP contribution in [0.15, 0.2) is 18.2 Å². The molecule has 20 heavy (non-hydrogen) atoms. The standard InChI is InChI=1S/C18H22O2/c1-18-7-6-13-12-5-3-11(19)8-10(12)2-4-14(13)15(18)9-16-17(18)20-16/h3,5,8,13-17,19H,2,4,6-7,9H2,1H3/t13-,14-,15+,16?,17?,18+/m1/s1. The topological polar surface area (TPSA) is 32.8 Å². The molecule has 3 aliphatic carbocycles. The lowest BCUT2D eigenvalue weighted by Crippen LogP contribution is -2.42. The molecule has 6 atom stereocenters. The molecular formula is C18H22O2. The Bertz CT molecular complexity index is 581. The molecule has 106 valence electrons. The van der Waals surface area contributed by atoms with Gasteiger partial charge in [0.1, 0.15) is 5.75 Å². The average molecular weight is 270 g/mol. The van der Waals surface area contributed by atoms with Crippen LogP contribution in [-0.4, -0.2) is 17.3 Å². The van der Waals surface area contributed by atoms with Crippen molar-refractivity contribution >= 4 is 0 Å². The predicted molar refractivity (Wildman–Crippen MR) is 76.8 cm³/mol. The summed E-state index contributed by atoms with van der Waals surface area (Å²) in [4.78, 5) is 0. The van der Waals surface area contributed by atoms with Gasteiger partial charge in [-0.3, -0.25) is 0 Å². The zero-order chi connectivity index (χ0) is 13.5. The highest BCUT2D eigenvalue weighted by atomic mass is 16.6. The molecule has 1 heterocycles. The average Bonchev–Trinajstić information content (AvgIpc) is 3.16. The van der Waals surface area contributed by atoms with E-state index in [-0.39, 0.29) is 0 Å². The van der Waals surface area contributed by atoms with E-state index in [0.717, 1.165) is 24.2 Å². The van der Waals surface area contributed by atoms with E-state index in [1.54, 1.807) is 0 Å². The number of fused-ring (bicyclic) bond motifs is 7. The Hall–Kier alpha value is -1.02. The fraction of sp³-hybridized carbons (Fsp3) is 0.667. The summed E-state index contributed by atoms with van der Waals surface area (Å²) in [5, 5.41) is 9.70. The first-order chi connectivity index (χ1) is 9.67. The van der Waals surface area contributed by atoms with Gasteiger partial charge in [0.2, 0.25) is 0 Å². The van der Waals surface area contributed by atoms with Gasteiger partial charge in [0.25, 0.3) is 0 Å². The minimum absolute atomic E-state index is 0.429. The van der Waals surface area contributed by atoms with Crippen molar-refractivity contribution in [3.05, 3.63) is 29.3 Å². The molecule has 1 saturated heterocycles. The zero-order valence-corrected chi connectivity index (χ0v) is 12.0. The Balaban J connectivity index is 1.54. The molecule has 5 rings (SSSR count). The van der Waals surface area contributed by atoms with Gasteiger partial charge in [-0.25, -0.2) is 0 Å². The molecule has 0 spiro atoms. The van der Waals surface area contributed by atoms with E-state index in [1.807, 2.05) is 12.1 Å². The van der Waals surface area contributed by atoms with E-state index in [1.165, 1.54) is 36.8 Å². The molecule has 1 aromatic rings. The maximum absolute atomic E-state index is 9.70. The van der Waals surface area contributed by atoms with E-state index in [0.29, 0.717) is 23.4 Å². The van der Waals surface area contributed by atoms with Crippen LogP contribution in [0, 0.1) is 17.3 Å². The molecule has 1 aromatic carbocycles. The third kappa shape index (κ3) is 1.34. The Labute approximate surface area is 120 Å². The highest BCUT2D eigenvalue weighted by Gasteiger charge is 2.66. The normalized spacial score (nSPS) is 48.0. The second-order valence-electron chi connectivity index (χ2n) is 7.67. The number of hydrogen-bond acceptors (Lipinski definition) is 2. The van der Waals surface area contributed by atoms with Crippen LogP contribution in [0.25, 0.3) is 0 Å². The van der Waals surface area contributed by atoms with Crippen molar-refractivity contribution in [1.29, 1.82) is 0 Å². The van der Waals surface area contributed by atoms with Crippen LogP contribution in [0.2, 0.25) is 0 Å². The number of aromatic hydroxyl groups is 1. The van der Waals surface area contributed by atoms with Crippen molar-refractivity contribution in [1.82, 2.24) is 0 Å². The molecule has 0 aromatic heterocycles. The number of rotatable bonds is 0. The summed E-state index contributed by atoms with van der Waals surface area (Å²) in [5.74, 6) is 2.88. The van der Waals surface area contributed by atoms with Crippen molar-refractivity contribution < 1.29 is 9.84 Å². The third-order valence-electron chi connectivity index (χ3n) is 6.87. The third-order valence-corrected chi connectivity index (χ3v) is 6.87. The van der Waals surface area contributed by atoms with Crippen LogP contribution in [0.1, 0.15) is 49.7 Å². The Morgan fingerprint density at radius 3 is 3.10 bits per heavy atom. The summed E-state index contributed by atoms with van der Waals surface area (Å²) in [6.07, 6.45) is 7.55. The minimum Gasteiger partial charge on any atom is -0.508 e. The molecule has 3 fully saturated rings. The van der Waals surface area contributed by atoms with Gasteiger partial charge in [0.05, 0.1) is 12.2 Å². The van der Waals surface area contributed by atoms with E-state index in [2.05, 4.69) is 13.0 Å².